The summed E-state index contributed by atoms with van der Waals surface area (Å²) in [5, 5.41) is 0. The normalized spacial score (nSPS) is 13.9. The Balaban J connectivity index is 2.06. The number of rotatable bonds is 5. The first kappa shape index (κ1) is 14.9. The Morgan fingerprint density at radius 3 is 2.45 bits per heavy atom. The fourth-order valence-corrected chi connectivity index (χ4v) is 3.37. The molecule has 0 radical (unpaired) electrons. The molecule has 0 amide bonds. The van der Waals surface area contributed by atoms with Crippen molar-refractivity contribution in [2.45, 2.75) is 31.2 Å². The van der Waals surface area contributed by atoms with E-state index in [0.29, 0.717) is 5.75 Å². The van der Waals surface area contributed by atoms with Gasteiger partial charge in [-0.25, -0.2) is 0 Å². The van der Waals surface area contributed by atoms with E-state index in [-0.39, 0.29) is 6.04 Å². The second-order valence-electron chi connectivity index (χ2n) is 5.03. The van der Waals surface area contributed by atoms with E-state index < -0.39 is 10.8 Å². The quantitative estimate of drug-likeness (QED) is 0.916. The maximum atomic E-state index is 12.3. The first-order valence-electron chi connectivity index (χ1n) is 6.89. The zero-order chi connectivity index (χ0) is 14.5. The molecule has 2 N–H and O–H groups in total. The maximum absolute atomic E-state index is 12.3. The van der Waals surface area contributed by atoms with Crippen LogP contribution in [0.2, 0.25) is 0 Å². The topological polar surface area (TPSA) is 43.1 Å². The van der Waals surface area contributed by atoms with E-state index in [0.717, 1.165) is 22.4 Å². The Hall–Kier alpha value is -1.45. The average Bonchev–Trinajstić information content (AvgIpc) is 2.47. The van der Waals surface area contributed by atoms with Crippen LogP contribution in [-0.2, 0) is 17.2 Å². The summed E-state index contributed by atoms with van der Waals surface area (Å²) in [7, 11) is -1.06. The minimum absolute atomic E-state index is 0.192. The van der Waals surface area contributed by atoms with Crippen LogP contribution in [0.1, 0.15) is 29.7 Å². The molecule has 0 aliphatic heterocycles. The molecule has 20 heavy (non-hydrogen) atoms. The summed E-state index contributed by atoms with van der Waals surface area (Å²) < 4.78 is 12.3. The first-order chi connectivity index (χ1) is 9.60. The molecule has 2 rings (SSSR count). The van der Waals surface area contributed by atoms with Crippen molar-refractivity contribution < 1.29 is 4.21 Å². The molecule has 2 aromatic carbocycles. The summed E-state index contributed by atoms with van der Waals surface area (Å²) in [6, 6.07) is 15.9. The number of nitrogens with two attached hydrogens (primary N) is 1. The van der Waals surface area contributed by atoms with Crippen LogP contribution in [0.5, 0.6) is 0 Å². The van der Waals surface area contributed by atoms with Gasteiger partial charge in [0.1, 0.15) is 0 Å². The van der Waals surface area contributed by atoms with Crippen LogP contribution < -0.4 is 5.73 Å². The van der Waals surface area contributed by atoms with Gasteiger partial charge >= 0.3 is 0 Å². The summed E-state index contributed by atoms with van der Waals surface area (Å²) in [5.41, 5.74) is 9.63. The molecular weight excluding hydrogens is 266 g/mol. The highest BCUT2D eigenvalue weighted by Gasteiger charge is 2.12. The molecule has 2 aromatic rings. The van der Waals surface area contributed by atoms with Gasteiger partial charge in [0.25, 0.3) is 0 Å². The molecule has 0 saturated heterocycles. The van der Waals surface area contributed by atoms with Gasteiger partial charge in [0, 0.05) is 16.7 Å². The van der Waals surface area contributed by atoms with Crippen LogP contribution in [0, 0.1) is 6.92 Å². The molecule has 0 spiro atoms. The van der Waals surface area contributed by atoms with Crippen molar-refractivity contribution in [1.29, 1.82) is 0 Å². The summed E-state index contributed by atoms with van der Waals surface area (Å²) >= 11 is 0. The van der Waals surface area contributed by atoms with Gasteiger partial charge in [-0.05, 0) is 42.2 Å². The number of aryl methyl sites for hydroxylation is 2. The van der Waals surface area contributed by atoms with Crippen molar-refractivity contribution in [1.82, 2.24) is 0 Å². The van der Waals surface area contributed by atoms with Gasteiger partial charge in [-0.1, -0.05) is 43.3 Å². The van der Waals surface area contributed by atoms with Crippen LogP contribution in [0.4, 0.5) is 0 Å². The molecule has 0 aliphatic rings. The van der Waals surface area contributed by atoms with E-state index in [1.165, 1.54) is 5.56 Å². The molecule has 2 nitrogen and oxygen atoms in total. The zero-order valence-corrected chi connectivity index (χ0v) is 12.8. The van der Waals surface area contributed by atoms with Gasteiger partial charge in [0.2, 0.25) is 0 Å². The lowest BCUT2D eigenvalue weighted by Gasteiger charge is -2.12. The van der Waals surface area contributed by atoms with Crippen molar-refractivity contribution in [3.05, 3.63) is 65.2 Å². The maximum Gasteiger partial charge on any atom is 0.0548 e. The van der Waals surface area contributed by atoms with Gasteiger partial charge in [-0.3, -0.25) is 4.21 Å². The van der Waals surface area contributed by atoms with Gasteiger partial charge in [-0.15, -0.1) is 0 Å². The highest BCUT2D eigenvalue weighted by Crippen LogP contribution is 2.17. The molecule has 0 aromatic heterocycles. The first-order valence-corrected chi connectivity index (χ1v) is 8.21. The highest BCUT2D eigenvalue weighted by molar-refractivity contribution is 7.85. The highest BCUT2D eigenvalue weighted by atomic mass is 32.2. The fraction of sp³-hybridized carbons (Fsp3) is 0.294. The van der Waals surface area contributed by atoms with Crippen molar-refractivity contribution in [3.8, 4) is 0 Å². The van der Waals surface area contributed by atoms with Crippen molar-refractivity contribution in [2.24, 2.45) is 5.73 Å². The molecule has 0 fully saturated rings. The standard InChI is InChI=1S/C17H21NOS/c1-3-14-7-9-15(10-8-14)17(18)12-20(19)16-6-4-5-13(2)11-16/h4-11,17H,3,12,18H2,1-2H3. The molecule has 3 heteroatoms. The molecule has 0 bridgehead atoms. The Morgan fingerprint density at radius 2 is 1.85 bits per heavy atom. The lowest BCUT2D eigenvalue weighted by Crippen LogP contribution is -2.18. The summed E-state index contributed by atoms with van der Waals surface area (Å²) in [6.07, 6.45) is 1.02. The number of hydrogen-bond donors (Lipinski definition) is 1. The van der Waals surface area contributed by atoms with Crippen LogP contribution in [-0.4, -0.2) is 9.96 Å². The summed E-state index contributed by atoms with van der Waals surface area (Å²) in [6.45, 7) is 4.13. The van der Waals surface area contributed by atoms with Crippen LogP contribution in [0.15, 0.2) is 53.4 Å². The van der Waals surface area contributed by atoms with Crippen molar-refractivity contribution >= 4 is 10.8 Å². The average molecular weight is 287 g/mol. The molecule has 0 aliphatic carbocycles. The minimum atomic E-state index is -1.06. The lowest BCUT2D eigenvalue weighted by molar-refractivity contribution is 0.675. The van der Waals surface area contributed by atoms with Crippen molar-refractivity contribution in [3.63, 3.8) is 0 Å². The fourth-order valence-electron chi connectivity index (χ4n) is 2.11. The Morgan fingerprint density at radius 1 is 1.15 bits per heavy atom. The molecule has 0 heterocycles. The zero-order valence-electron chi connectivity index (χ0n) is 12.0. The van der Waals surface area contributed by atoms with Gasteiger partial charge < -0.3 is 5.73 Å². The molecule has 2 unspecified atom stereocenters. The third-order valence-corrected chi connectivity index (χ3v) is 4.84. The molecular formula is C17H21NOS. The largest absolute Gasteiger partial charge is 0.323 e. The second kappa shape index (κ2) is 6.82. The van der Waals surface area contributed by atoms with E-state index in [9.17, 15) is 4.21 Å². The van der Waals surface area contributed by atoms with Crippen LogP contribution in [0.3, 0.4) is 0 Å². The molecule has 106 valence electrons. The molecule has 0 saturated carbocycles. The summed E-state index contributed by atoms with van der Waals surface area (Å²) in [4.78, 5) is 0.852. The predicted octanol–water partition coefficient (Wildman–Crippen LogP) is 3.37. The van der Waals surface area contributed by atoms with Crippen LogP contribution >= 0.6 is 0 Å². The van der Waals surface area contributed by atoms with Gasteiger partial charge in [-0.2, -0.15) is 0 Å². The minimum Gasteiger partial charge on any atom is -0.323 e. The Kier molecular flexibility index (Phi) is 5.10. The smallest absolute Gasteiger partial charge is 0.0548 e. The number of hydrogen-bond acceptors (Lipinski definition) is 2. The van der Waals surface area contributed by atoms with E-state index in [1.54, 1.807) is 0 Å². The summed E-state index contributed by atoms with van der Waals surface area (Å²) in [5.74, 6) is 0.453. The Labute approximate surface area is 123 Å². The molecule has 2 atom stereocenters. The Bertz CT molecular complexity index is 592. The van der Waals surface area contributed by atoms with Gasteiger partial charge in [0.05, 0.1) is 10.8 Å². The van der Waals surface area contributed by atoms with Gasteiger partial charge in [0.15, 0.2) is 0 Å². The van der Waals surface area contributed by atoms with E-state index in [1.807, 2.05) is 43.3 Å². The van der Waals surface area contributed by atoms with E-state index >= 15 is 0 Å². The van der Waals surface area contributed by atoms with Crippen molar-refractivity contribution in [2.75, 3.05) is 5.75 Å². The third kappa shape index (κ3) is 3.78. The monoisotopic (exact) mass is 287 g/mol. The number of benzene rings is 2. The predicted molar refractivity (Wildman–Crippen MR) is 85.2 cm³/mol. The second-order valence-corrected chi connectivity index (χ2v) is 6.53. The van der Waals surface area contributed by atoms with E-state index in [4.69, 9.17) is 5.73 Å². The SMILES string of the molecule is CCc1ccc(C(N)CS(=O)c2cccc(C)c2)cc1. The van der Waals surface area contributed by atoms with Crippen LogP contribution in [0.25, 0.3) is 0 Å². The lowest BCUT2D eigenvalue weighted by atomic mass is 10.1. The van der Waals surface area contributed by atoms with E-state index in [2.05, 4.69) is 19.1 Å². The third-order valence-electron chi connectivity index (χ3n) is 3.40.